The van der Waals surface area contributed by atoms with E-state index in [1.807, 2.05) is 30.3 Å². The normalized spacial score (nSPS) is 11.7. The summed E-state index contributed by atoms with van der Waals surface area (Å²) in [6.45, 7) is 3.81. The van der Waals surface area contributed by atoms with E-state index in [1.165, 1.54) is 64.2 Å². The second-order valence-electron chi connectivity index (χ2n) is 9.20. The van der Waals surface area contributed by atoms with Crippen LogP contribution in [0.25, 0.3) is 0 Å². The predicted octanol–water partition coefficient (Wildman–Crippen LogP) is 6.23. The Labute approximate surface area is 207 Å². The van der Waals surface area contributed by atoms with Gasteiger partial charge in [-0.15, -0.1) is 0 Å². The second kappa shape index (κ2) is 21.5. The molecule has 0 radical (unpaired) electrons. The van der Waals surface area contributed by atoms with Gasteiger partial charge in [-0.2, -0.15) is 0 Å². The summed E-state index contributed by atoms with van der Waals surface area (Å²) in [4.78, 5) is 24.8. The van der Waals surface area contributed by atoms with E-state index in [4.69, 9.17) is 10.5 Å². The van der Waals surface area contributed by atoms with Gasteiger partial charge in [-0.05, 0) is 37.8 Å². The van der Waals surface area contributed by atoms with E-state index in [-0.39, 0.29) is 5.91 Å². The maximum absolute atomic E-state index is 12.6. The first-order valence-electron chi connectivity index (χ1n) is 13.6. The molecule has 0 aliphatic carbocycles. The molecule has 34 heavy (non-hydrogen) atoms. The summed E-state index contributed by atoms with van der Waals surface area (Å²) in [5, 5.41) is 5.68. The number of carbonyl (C=O) groups is 2. The van der Waals surface area contributed by atoms with Crippen molar-refractivity contribution in [3.8, 4) is 0 Å². The average molecular weight is 476 g/mol. The maximum atomic E-state index is 12.6. The maximum Gasteiger partial charge on any atom is 0.408 e. The molecular weight excluding hydrogens is 426 g/mol. The highest BCUT2D eigenvalue weighted by atomic mass is 16.6. The first-order valence-corrected chi connectivity index (χ1v) is 13.6. The number of benzene rings is 1. The number of alkyl carbamates (subject to hydrolysis) is 1. The molecule has 0 unspecified atom stereocenters. The van der Waals surface area contributed by atoms with Crippen LogP contribution in [0.3, 0.4) is 0 Å². The summed E-state index contributed by atoms with van der Waals surface area (Å²) in [6, 6.07) is 9.62. The SMILES string of the molecule is CCCCCCCCCCCCCCNC(=O)[C@@H](CCCCN)OC(=O)NCc1ccccc1. The van der Waals surface area contributed by atoms with Gasteiger partial charge in [0.1, 0.15) is 0 Å². The lowest BCUT2D eigenvalue weighted by Gasteiger charge is -2.18. The van der Waals surface area contributed by atoms with Gasteiger partial charge in [-0.1, -0.05) is 108 Å². The fourth-order valence-corrected chi connectivity index (χ4v) is 3.95. The Morgan fingerprint density at radius 3 is 1.97 bits per heavy atom. The molecule has 1 atom stereocenters. The Hall–Kier alpha value is -2.08. The van der Waals surface area contributed by atoms with Gasteiger partial charge in [0.05, 0.1) is 0 Å². The van der Waals surface area contributed by atoms with Crippen LogP contribution >= 0.6 is 0 Å². The summed E-state index contributed by atoms with van der Waals surface area (Å²) < 4.78 is 5.44. The Bertz CT molecular complexity index is 625. The zero-order valence-corrected chi connectivity index (χ0v) is 21.5. The Morgan fingerprint density at radius 1 is 0.794 bits per heavy atom. The van der Waals surface area contributed by atoms with Gasteiger partial charge in [-0.3, -0.25) is 4.79 Å². The molecule has 0 bridgehead atoms. The topological polar surface area (TPSA) is 93.5 Å². The molecule has 0 spiro atoms. The lowest BCUT2D eigenvalue weighted by molar-refractivity contribution is -0.129. The fourth-order valence-electron chi connectivity index (χ4n) is 3.95. The van der Waals surface area contributed by atoms with E-state index >= 15 is 0 Å². The summed E-state index contributed by atoms with van der Waals surface area (Å²) in [5.41, 5.74) is 6.56. The van der Waals surface area contributed by atoms with Crippen LogP contribution in [0.4, 0.5) is 4.79 Å². The average Bonchev–Trinajstić information content (AvgIpc) is 2.85. The lowest BCUT2D eigenvalue weighted by Crippen LogP contribution is -2.40. The monoisotopic (exact) mass is 475 g/mol. The van der Waals surface area contributed by atoms with Crippen LogP contribution in [0.1, 0.15) is 109 Å². The first kappa shape index (κ1) is 30.0. The van der Waals surface area contributed by atoms with E-state index in [2.05, 4.69) is 17.6 Å². The Kier molecular flexibility index (Phi) is 18.9. The standard InChI is InChI=1S/C28H49N3O3/c1-2-3-4-5-6-7-8-9-10-11-12-18-23-30-27(32)26(21-16-17-22-29)34-28(33)31-24-25-19-14-13-15-20-25/h13-15,19-20,26H,2-12,16-18,21-24,29H2,1H3,(H,30,32)(H,31,33)/t26-/m1/s1. The van der Waals surface area contributed by atoms with Gasteiger partial charge in [-0.25, -0.2) is 4.79 Å². The minimum atomic E-state index is -0.778. The van der Waals surface area contributed by atoms with Crippen molar-refractivity contribution in [2.45, 2.75) is 116 Å². The van der Waals surface area contributed by atoms with Crippen LogP contribution in [0.15, 0.2) is 30.3 Å². The number of hydrogen-bond donors (Lipinski definition) is 3. The molecule has 6 heteroatoms. The zero-order chi connectivity index (χ0) is 24.7. The van der Waals surface area contributed by atoms with Crippen LogP contribution in [-0.2, 0) is 16.1 Å². The molecule has 0 fully saturated rings. The van der Waals surface area contributed by atoms with E-state index in [0.717, 1.165) is 31.2 Å². The van der Waals surface area contributed by atoms with Crippen molar-refractivity contribution < 1.29 is 14.3 Å². The highest BCUT2D eigenvalue weighted by Gasteiger charge is 2.22. The molecule has 194 valence electrons. The molecule has 6 nitrogen and oxygen atoms in total. The second-order valence-corrected chi connectivity index (χ2v) is 9.20. The van der Waals surface area contributed by atoms with Crippen LogP contribution < -0.4 is 16.4 Å². The Morgan fingerprint density at radius 2 is 1.38 bits per heavy atom. The molecular formula is C28H49N3O3. The van der Waals surface area contributed by atoms with Crippen molar-refractivity contribution in [1.29, 1.82) is 0 Å². The molecule has 1 aromatic carbocycles. The van der Waals surface area contributed by atoms with Crippen molar-refractivity contribution >= 4 is 12.0 Å². The quantitative estimate of drug-likeness (QED) is 0.184. The zero-order valence-electron chi connectivity index (χ0n) is 21.5. The molecule has 1 rings (SSSR count). The van der Waals surface area contributed by atoms with Crippen molar-refractivity contribution in [2.75, 3.05) is 13.1 Å². The number of rotatable bonds is 21. The highest BCUT2D eigenvalue weighted by molar-refractivity contribution is 5.83. The smallest absolute Gasteiger partial charge is 0.408 e. The summed E-state index contributed by atoms with van der Waals surface area (Å²) in [7, 11) is 0. The minimum absolute atomic E-state index is 0.213. The van der Waals surface area contributed by atoms with Crippen molar-refractivity contribution in [2.24, 2.45) is 5.73 Å². The third-order valence-corrected chi connectivity index (χ3v) is 6.07. The van der Waals surface area contributed by atoms with E-state index in [1.54, 1.807) is 0 Å². The van der Waals surface area contributed by atoms with Gasteiger partial charge in [0.25, 0.3) is 5.91 Å². The van der Waals surface area contributed by atoms with Gasteiger partial charge in [0.2, 0.25) is 0 Å². The molecule has 0 saturated heterocycles. The van der Waals surface area contributed by atoms with Crippen LogP contribution in [0.5, 0.6) is 0 Å². The third-order valence-electron chi connectivity index (χ3n) is 6.07. The molecule has 4 N–H and O–H groups in total. The number of carbonyl (C=O) groups excluding carboxylic acids is 2. The number of nitrogens with one attached hydrogen (secondary N) is 2. The van der Waals surface area contributed by atoms with Crippen molar-refractivity contribution in [3.05, 3.63) is 35.9 Å². The molecule has 0 saturated carbocycles. The minimum Gasteiger partial charge on any atom is -0.436 e. The molecule has 2 amide bonds. The molecule has 0 aliphatic heterocycles. The number of ether oxygens (including phenoxy) is 1. The number of nitrogens with two attached hydrogens (primary N) is 1. The van der Waals surface area contributed by atoms with Crippen LogP contribution in [0, 0.1) is 0 Å². The predicted molar refractivity (Wildman–Crippen MR) is 141 cm³/mol. The van der Waals surface area contributed by atoms with Crippen molar-refractivity contribution in [3.63, 3.8) is 0 Å². The largest absolute Gasteiger partial charge is 0.436 e. The van der Waals surface area contributed by atoms with Crippen molar-refractivity contribution in [1.82, 2.24) is 10.6 Å². The van der Waals surface area contributed by atoms with Crippen LogP contribution in [0.2, 0.25) is 0 Å². The number of amides is 2. The Balaban J connectivity index is 2.16. The van der Waals surface area contributed by atoms with E-state index in [0.29, 0.717) is 26.1 Å². The molecule has 0 aromatic heterocycles. The molecule has 1 aromatic rings. The van der Waals surface area contributed by atoms with Gasteiger partial charge in [0.15, 0.2) is 6.10 Å². The third kappa shape index (κ3) is 16.5. The van der Waals surface area contributed by atoms with Gasteiger partial charge in [0, 0.05) is 13.1 Å². The number of unbranched alkanes of at least 4 members (excludes halogenated alkanes) is 12. The summed E-state index contributed by atoms with van der Waals surface area (Å²) in [5.74, 6) is -0.213. The van der Waals surface area contributed by atoms with E-state index < -0.39 is 12.2 Å². The molecule has 0 aliphatic rings. The van der Waals surface area contributed by atoms with Gasteiger partial charge >= 0.3 is 6.09 Å². The number of hydrogen-bond acceptors (Lipinski definition) is 4. The highest BCUT2D eigenvalue weighted by Crippen LogP contribution is 2.12. The molecule has 0 heterocycles. The van der Waals surface area contributed by atoms with Crippen LogP contribution in [-0.4, -0.2) is 31.2 Å². The summed E-state index contributed by atoms with van der Waals surface area (Å²) in [6.07, 6.45) is 16.1. The lowest BCUT2D eigenvalue weighted by atomic mass is 10.1. The summed E-state index contributed by atoms with van der Waals surface area (Å²) >= 11 is 0. The first-order chi connectivity index (χ1) is 16.7. The van der Waals surface area contributed by atoms with E-state index in [9.17, 15) is 9.59 Å². The fraction of sp³-hybridized carbons (Fsp3) is 0.714. The van der Waals surface area contributed by atoms with Gasteiger partial charge < -0.3 is 21.1 Å².